The first kappa shape index (κ1) is 33.3. The summed E-state index contributed by atoms with van der Waals surface area (Å²) in [4.78, 5) is 41.7. The van der Waals surface area contributed by atoms with Gasteiger partial charge in [-0.2, -0.15) is 0 Å². The lowest BCUT2D eigenvalue weighted by molar-refractivity contribution is -0.123. The van der Waals surface area contributed by atoms with Gasteiger partial charge < -0.3 is 19.6 Å². The summed E-state index contributed by atoms with van der Waals surface area (Å²) in [5.74, 6) is 3.38. The molecule has 4 fully saturated rings. The Hall–Kier alpha value is -2.60. The van der Waals surface area contributed by atoms with Gasteiger partial charge in [0, 0.05) is 84.7 Å². The average molecular weight is 750 g/mol. The molecular formula is C38H42Cl2N6O2S2. The maximum absolute atomic E-state index is 14.1. The first-order valence-corrected chi connectivity index (χ1v) is 21.0. The van der Waals surface area contributed by atoms with E-state index in [4.69, 9.17) is 23.2 Å². The van der Waals surface area contributed by atoms with Crippen LogP contribution >= 0.6 is 46.7 Å². The smallest absolute Gasteiger partial charge is 0.245 e. The lowest BCUT2D eigenvalue weighted by Gasteiger charge is -2.39. The molecule has 0 bridgehead atoms. The summed E-state index contributed by atoms with van der Waals surface area (Å²) in [6, 6.07) is 21.5. The molecule has 6 aliphatic rings. The molecule has 8 nitrogen and oxygen atoms in total. The second kappa shape index (κ2) is 13.7. The molecule has 50 heavy (non-hydrogen) atoms. The van der Waals surface area contributed by atoms with Crippen molar-refractivity contribution in [2.24, 2.45) is 0 Å². The van der Waals surface area contributed by atoms with Crippen molar-refractivity contribution in [2.75, 3.05) is 69.0 Å². The third-order valence-electron chi connectivity index (χ3n) is 11.1. The van der Waals surface area contributed by atoms with Crippen LogP contribution in [0.4, 0.5) is 22.7 Å². The quantitative estimate of drug-likeness (QED) is 0.250. The third-order valence-corrected chi connectivity index (χ3v) is 13.9. The molecule has 4 aliphatic heterocycles. The van der Waals surface area contributed by atoms with Crippen molar-refractivity contribution < 1.29 is 9.59 Å². The number of carbonyl (C=O) groups is 2. The Morgan fingerprint density at radius 3 is 1.40 bits per heavy atom. The molecule has 262 valence electrons. The number of benzene rings is 3. The van der Waals surface area contributed by atoms with Gasteiger partial charge in [-0.05, 0) is 73.2 Å². The molecule has 2 saturated heterocycles. The summed E-state index contributed by atoms with van der Waals surface area (Å²) >= 11 is 17.6. The zero-order chi connectivity index (χ0) is 33.9. The maximum Gasteiger partial charge on any atom is 0.245 e. The number of nitrogens with zero attached hydrogens (tertiary/aromatic N) is 6. The van der Waals surface area contributed by atoms with Crippen LogP contribution in [-0.2, 0) is 22.7 Å². The lowest BCUT2D eigenvalue weighted by Crippen LogP contribution is -2.52. The van der Waals surface area contributed by atoms with E-state index in [1.165, 1.54) is 37.1 Å². The first-order chi connectivity index (χ1) is 24.4. The highest BCUT2D eigenvalue weighted by Crippen LogP contribution is 2.43. The highest BCUT2D eigenvalue weighted by molar-refractivity contribution is 7.99. The summed E-state index contributed by atoms with van der Waals surface area (Å²) in [6.45, 7) is 4.29. The number of rotatable bonds is 8. The van der Waals surface area contributed by atoms with Gasteiger partial charge in [0.05, 0.1) is 34.8 Å². The SMILES string of the molecule is O=C([C@@H]1CSCN1Cc1cc(Cl)c(CN2CSC[C@H]2C(=O)N2CCN(C3CC3)c3ccccc32)cc1Cl)N1CCN(C2CC2)c2ccccc21. The van der Waals surface area contributed by atoms with Gasteiger partial charge in [-0.15, -0.1) is 23.5 Å². The van der Waals surface area contributed by atoms with Gasteiger partial charge in [-0.25, -0.2) is 0 Å². The Kier molecular flexibility index (Phi) is 9.14. The minimum absolute atomic E-state index is 0.163. The first-order valence-electron chi connectivity index (χ1n) is 17.9. The molecule has 0 N–H and O–H groups in total. The van der Waals surface area contributed by atoms with E-state index in [9.17, 15) is 9.59 Å². The van der Waals surface area contributed by atoms with Crippen LogP contribution in [0.2, 0.25) is 10.0 Å². The lowest BCUT2D eigenvalue weighted by atomic mass is 10.1. The summed E-state index contributed by atoms with van der Waals surface area (Å²) in [5.41, 5.74) is 6.26. The number of hydrogen-bond acceptors (Lipinski definition) is 8. The third kappa shape index (κ3) is 6.28. The summed E-state index contributed by atoms with van der Waals surface area (Å²) < 4.78 is 0. The predicted octanol–water partition coefficient (Wildman–Crippen LogP) is 6.77. The number of anilines is 4. The van der Waals surface area contributed by atoms with Gasteiger partial charge in [-0.3, -0.25) is 19.4 Å². The normalized spacial score (nSPS) is 24.1. The topological polar surface area (TPSA) is 53.6 Å². The van der Waals surface area contributed by atoms with Gasteiger partial charge in [0.25, 0.3) is 0 Å². The summed E-state index contributed by atoms with van der Waals surface area (Å²) in [6.07, 6.45) is 4.94. The monoisotopic (exact) mass is 748 g/mol. The van der Waals surface area contributed by atoms with E-state index < -0.39 is 0 Å². The number of para-hydroxylation sites is 4. The minimum atomic E-state index is -0.222. The molecule has 3 aromatic rings. The van der Waals surface area contributed by atoms with E-state index in [1.807, 2.05) is 34.1 Å². The molecule has 9 rings (SSSR count). The standard InChI is InChI=1S/C38H42Cl2N6O2S2/c39-29-18-26(20-42-24-50-22-36(42)38(48)46-16-14-44(28-11-12-28)32-6-2-4-8-34(32)46)30(40)17-25(29)19-41-23-49-21-35(41)37(47)45-15-13-43(27-9-10-27)31-5-1-3-7-33(31)45/h1-8,17-18,27-28,35-36H,9-16,19-24H2/t35-,36-/m0/s1. The maximum atomic E-state index is 14.1. The van der Waals surface area contributed by atoms with Crippen molar-refractivity contribution >= 4 is 81.3 Å². The number of carbonyl (C=O) groups excluding carboxylic acids is 2. The number of amides is 2. The highest BCUT2D eigenvalue weighted by atomic mass is 35.5. The summed E-state index contributed by atoms with van der Waals surface area (Å²) in [5, 5.41) is 1.30. The number of halogens is 2. The average Bonchev–Trinajstić information content (AvgIpc) is 4.07. The minimum Gasteiger partial charge on any atom is -0.365 e. The van der Waals surface area contributed by atoms with E-state index >= 15 is 0 Å². The number of hydrogen-bond donors (Lipinski definition) is 0. The predicted molar refractivity (Wildman–Crippen MR) is 208 cm³/mol. The van der Waals surface area contributed by atoms with Gasteiger partial charge in [0.2, 0.25) is 11.8 Å². The second-order valence-electron chi connectivity index (χ2n) is 14.4. The van der Waals surface area contributed by atoms with E-state index in [0.29, 0.717) is 48.3 Å². The largest absolute Gasteiger partial charge is 0.365 e. The van der Waals surface area contributed by atoms with Crippen LogP contribution in [0.3, 0.4) is 0 Å². The molecule has 4 heterocycles. The van der Waals surface area contributed by atoms with E-state index in [2.05, 4.69) is 56.0 Å². The van der Waals surface area contributed by atoms with Crippen LogP contribution in [0.15, 0.2) is 60.7 Å². The number of fused-ring (bicyclic) bond motifs is 2. The van der Waals surface area contributed by atoms with Crippen LogP contribution in [0.5, 0.6) is 0 Å². The molecule has 2 saturated carbocycles. The van der Waals surface area contributed by atoms with Gasteiger partial charge in [0.1, 0.15) is 0 Å². The fourth-order valence-corrected chi connectivity index (χ4v) is 11.0. The molecule has 2 atom stereocenters. The summed E-state index contributed by atoms with van der Waals surface area (Å²) in [7, 11) is 0. The Morgan fingerprint density at radius 1 is 0.600 bits per heavy atom. The highest BCUT2D eigenvalue weighted by Gasteiger charge is 2.42. The Morgan fingerprint density at radius 2 is 1.00 bits per heavy atom. The zero-order valence-corrected chi connectivity index (χ0v) is 31.2. The van der Waals surface area contributed by atoms with Crippen molar-refractivity contribution in [2.45, 2.75) is 62.9 Å². The molecular weight excluding hydrogens is 707 g/mol. The van der Waals surface area contributed by atoms with Gasteiger partial charge >= 0.3 is 0 Å². The molecule has 0 radical (unpaired) electrons. The van der Waals surface area contributed by atoms with Crippen LogP contribution in [0.1, 0.15) is 36.8 Å². The van der Waals surface area contributed by atoms with Crippen LogP contribution in [0, 0.1) is 0 Å². The molecule has 0 unspecified atom stereocenters. The fourth-order valence-electron chi connectivity index (χ4n) is 8.15. The van der Waals surface area contributed by atoms with E-state index in [1.54, 1.807) is 23.5 Å². The van der Waals surface area contributed by atoms with Crippen molar-refractivity contribution in [3.8, 4) is 0 Å². The van der Waals surface area contributed by atoms with Crippen LogP contribution in [-0.4, -0.2) is 95.2 Å². The van der Waals surface area contributed by atoms with Crippen LogP contribution < -0.4 is 19.6 Å². The molecule has 0 spiro atoms. The Bertz CT molecular complexity index is 1680. The molecule has 2 aliphatic carbocycles. The van der Waals surface area contributed by atoms with Crippen LogP contribution in [0.25, 0.3) is 0 Å². The van der Waals surface area contributed by atoms with Gasteiger partial charge in [-0.1, -0.05) is 47.5 Å². The Balaban J connectivity index is 0.882. The Labute approximate surface area is 313 Å². The molecule has 0 aromatic heterocycles. The van der Waals surface area contributed by atoms with Crippen molar-refractivity contribution in [3.05, 3.63) is 81.8 Å². The van der Waals surface area contributed by atoms with E-state index in [-0.39, 0.29) is 23.9 Å². The molecule has 3 aromatic carbocycles. The second-order valence-corrected chi connectivity index (χ2v) is 17.2. The van der Waals surface area contributed by atoms with Crippen molar-refractivity contribution in [1.29, 1.82) is 0 Å². The zero-order valence-electron chi connectivity index (χ0n) is 28.1. The molecule has 2 amide bonds. The number of thioether (sulfide) groups is 2. The molecule has 12 heteroatoms. The fraction of sp³-hybridized carbons (Fsp3) is 0.474. The van der Waals surface area contributed by atoms with Crippen molar-refractivity contribution in [3.63, 3.8) is 0 Å². The van der Waals surface area contributed by atoms with E-state index in [0.717, 1.165) is 58.9 Å². The van der Waals surface area contributed by atoms with Crippen molar-refractivity contribution in [1.82, 2.24) is 9.80 Å². The van der Waals surface area contributed by atoms with Gasteiger partial charge in [0.15, 0.2) is 0 Å².